The summed E-state index contributed by atoms with van der Waals surface area (Å²) >= 11 is 0. The van der Waals surface area contributed by atoms with E-state index in [1.54, 1.807) is 35.2 Å². The molecule has 0 unspecified atom stereocenters. The van der Waals surface area contributed by atoms with Gasteiger partial charge in [0, 0.05) is 25.0 Å². The Kier molecular flexibility index (Phi) is 6.44. The Morgan fingerprint density at radius 2 is 1.90 bits per heavy atom. The molecule has 0 atom stereocenters. The van der Waals surface area contributed by atoms with E-state index in [0.29, 0.717) is 36.9 Å². The van der Waals surface area contributed by atoms with Gasteiger partial charge in [-0.25, -0.2) is 8.42 Å². The van der Waals surface area contributed by atoms with Crippen molar-refractivity contribution in [2.75, 3.05) is 36.5 Å². The largest absolute Gasteiger partial charge is 0.493 e. The van der Waals surface area contributed by atoms with Crippen LogP contribution in [0.25, 0.3) is 0 Å². The minimum atomic E-state index is -3.72. The van der Waals surface area contributed by atoms with Crippen molar-refractivity contribution in [3.8, 4) is 5.75 Å². The number of nitrogens with zero attached hydrogens (tertiary/aromatic N) is 1. The molecule has 0 fully saturated rings. The lowest BCUT2D eigenvalue weighted by molar-refractivity contribution is -0.122. The summed E-state index contributed by atoms with van der Waals surface area (Å²) in [5, 5.41) is 0. The Balaban J connectivity index is 1.72. The predicted molar refractivity (Wildman–Crippen MR) is 112 cm³/mol. The smallest absolute Gasteiger partial charge is 0.261 e. The van der Waals surface area contributed by atoms with Gasteiger partial charge in [-0.05, 0) is 60.4 Å². The molecule has 2 aromatic carbocycles. The summed E-state index contributed by atoms with van der Waals surface area (Å²) in [6, 6.07) is 11.5. The molecule has 7 nitrogen and oxygen atoms in total. The molecule has 29 heavy (non-hydrogen) atoms. The fourth-order valence-corrected chi connectivity index (χ4v) is 4.17. The standard InChI is InChI=1S/C21H26N2O5S/c1-15(2)13-28-18-5-7-19(8-6-18)29(25,26)22-17-4-9-20-16(12-17)10-11-23(20)21(24)14-27-3/h4-9,12,15,22H,10-11,13-14H2,1-3H3. The lowest BCUT2D eigenvalue weighted by atomic mass is 10.1. The van der Waals surface area contributed by atoms with Crippen molar-refractivity contribution in [1.82, 2.24) is 0 Å². The number of ether oxygens (including phenoxy) is 2. The molecule has 8 heteroatoms. The van der Waals surface area contributed by atoms with Crippen LogP contribution in [0.5, 0.6) is 5.75 Å². The van der Waals surface area contributed by atoms with Crippen molar-refractivity contribution in [1.29, 1.82) is 0 Å². The summed E-state index contributed by atoms with van der Waals surface area (Å²) in [6.07, 6.45) is 0.669. The van der Waals surface area contributed by atoms with Gasteiger partial charge < -0.3 is 14.4 Å². The van der Waals surface area contributed by atoms with E-state index in [9.17, 15) is 13.2 Å². The van der Waals surface area contributed by atoms with Crippen LogP contribution in [0.1, 0.15) is 19.4 Å². The monoisotopic (exact) mass is 418 g/mol. The first-order valence-electron chi connectivity index (χ1n) is 9.48. The van der Waals surface area contributed by atoms with Gasteiger partial charge in [0.2, 0.25) is 0 Å². The molecule has 1 aliphatic rings. The summed E-state index contributed by atoms with van der Waals surface area (Å²) in [7, 11) is -2.24. The van der Waals surface area contributed by atoms with E-state index in [2.05, 4.69) is 4.72 Å². The number of hydrogen-bond donors (Lipinski definition) is 1. The molecule has 0 radical (unpaired) electrons. The average Bonchev–Trinajstić information content (AvgIpc) is 3.10. The molecule has 0 spiro atoms. The van der Waals surface area contributed by atoms with Crippen LogP contribution in [-0.2, 0) is 26.0 Å². The number of anilines is 2. The van der Waals surface area contributed by atoms with Crippen LogP contribution in [-0.4, -0.2) is 41.2 Å². The van der Waals surface area contributed by atoms with E-state index in [0.717, 1.165) is 11.3 Å². The van der Waals surface area contributed by atoms with E-state index in [1.165, 1.54) is 19.2 Å². The van der Waals surface area contributed by atoms with Gasteiger partial charge in [-0.3, -0.25) is 9.52 Å². The van der Waals surface area contributed by atoms with Gasteiger partial charge in [-0.1, -0.05) is 13.8 Å². The van der Waals surface area contributed by atoms with Crippen LogP contribution < -0.4 is 14.4 Å². The normalized spacial score (nSPS) is 13.4. The molecule has 0 saturated heterocycles. The molecule has 3 rings (SSSR count). The zero-order chi connectivity index (χ0) is 21.0. The van der Waals surface area contributed by atoms with E-state index < -0.39 is 10.0 Å². The Bertz CT molecular complexity index is 971. The number of carbonyl (C=O) groups is 1. The highest BCUT2D eigenvalue weighted by Crippen LogP contribution is 2.31. The molecule has 0 aliphatic carbocycles. The van der Waals surface area contributed by atoms with Gasteiger partial charge in [-0.2, -0.15) is 0 Å². The van der Waals surface area contributed by atoms with E-state index in [1.807, 2.05) is 13.8 Å². The number of fused-ring (bicyclic) bond motifs is 1. The maximum atomic E-state index is 12.7. The number of hydrogen-bond acceptors (Lipinski definition) is 5. The van der Waals surface area contributed by atoms with Gasteiger partial charge in [0.1, 0.15) is 12.4 Å². The molecule has 0 aromatic heterocycles. The lowest BCUT2D eigenvalue weighted by Gasteiger charge is -2.17. The zero-order valence-electron chi connectivity index (χ0n) is 16.8. The van der Waals surface area contributed by atoms with Gasteiger partial charge in [0.05, 0.1) is 11.5 Å². The van der Waals surface area contributed by atoms with E-state index >= 15 is 0 Å². The van der Waals surface area contributed by atoms with Crippen molar-refractivity contribution >= 4 is 27.3 Å². The number of rotatable bonds is 8. The van der Waals surface area contributed by atoms with Crippen molar-refractivity contribution in [3.63, 3.8) is 0 Å². The maximum absolute atomic E-state index is 12.7. The van der Waals surface area contributed by atoms with Gasteiger partial charge in [0.15, 0.2) is 0 Å². The lowest BCUT2D eigenvalue weighted by Crippen LogP contribution is -2.31. The highest BCUT2D eigenvalue weighted by Gasteiger charge is 2.25. The highest BCUT2D eigenvalue weighted by molar-refractivity contribution is 7.92. The Morgan fingerprint density at radius 1 is 1.17 bits per heavy atom. The van der Waals surface area contributed by atoms with Crippen LogP contribution in [0.15, 0.2) is 47.4 Å². The van der Waals surface area contributed by atoms with Crippen LogP contribution in [0, 0.1) is 5.92 Å². The number of methoxy groups -OCH3 is 1. The molecular formula is C21H26N2O5S. The molecule has 2 aromatic rings. The number of benzene rings is 2. The summed E-state index contributed by atoms with van der Waals surface area (Å²) in [5.41, 5.74) is 2.18. The topological polar surface area (TPSA) is 84.9 Å². The summed E-state index contributed by atoms with van der Waals surface area (Å²) in [4.78, 5) is 13.9. The minimum Gasteiger partial charge on any atom is -0.493 e. The van der Waals surface area contributed by atoms with Crippen molar-refractivity contribution < 1.29 is 22.7 Å². The maximum Gasteiger partial charge on any atom is 0.261 e. The van der Waals surface area contributed by atoms with Crippen molar-refractivity contribution in [3.05, 3.63) is 48.0 Å². The highest BCUT2D eigenvalue weighted by atomic mass is 32.2. The second-order valence-corrected chi connectivity index (χ2v) is 9.04. The van der Waals surface area contributed by atoms with E-state index in [-0.39, 0.29) is 17.4 Å². The minimum absolute atomic E-state index is 0.0186. The van der Waals surface area contributed by atoms with E-state index in [4.69, 9.17) is 9.47 Å². The quantitative estimate of drug-likeness (QED) is 0.712. The summed E-state index contributed by atoms with van der Waals surface area (Å²) in [6.45, 7) is 5.25. The third-order valence-electron chi connectivity index (χ3n) is 4.51. The van der Waals surface area contributed by atoms with Gasteiger partial charge >= 0.3 is 0 Å². The molecule has 156 valence electrons. The number of amides is 1. The first kappa shape index (κ1) is 21.1. The van der Waals surface area contributed by atoms with Gasteiger partial charge in [0.25, 0.3) is 15.9 Å². The third kappa shape index (κ3) is 5.07. The fraction of sp³-hybridized carbons (Fsp3) is 0.381. The van der Waals surface area contributed by atoms with Crippen LogP contribution in [0.4, 0.5) is 11.4 Å². The average molecular weight is 419 g/mol. The Morgan fingerprint density at radius 3 is 2.55 bits per heavy atom. The van der Waals surface area contributed by atoms with Gasteiger partial charge in [-0.15, -0.1) is 0 Å². The Labute approximate surface area is 171 Å². The third-order valence-corrected chi connectivity index (χ3v) is 5.91. The first-order chi connectivity index (χ1) is 13.8. The van der Waals surface area contributed by atoms with Crippen molar-refractivity contribution in [2.45, 2.75) is 25.2 Å². The van der Waals surface area contributed by atoms with Crippen molar-refractivity contribution in [2.24, 2.45) is 5.92 Å². The number of carbonyl (C=O) groups excluding carboxylic acids is 1. The molecule has 1 heterocycles. The molecule has 1 N–H and O–H groups in total. The number of sulfonamides is 1. The Hall–Kier alpha value is -2.58. The number of nitrogens with one attached hydrogen (secondary N) is 1. The van der Waals surface area contributed by atoms with Crippen LogP contribution in [0.2, 0.25) is 0 Å². The summed E-state index contributed by atoms with van der Waals surface area (Å²) in [5.74, 6) is 0.913. The molecule has 1 amide bonds. The molecular weight excluding hydrogens is 392 g/mol. The van der Waals surface area contributed by atoms with Crippen LogP contribution in [0.3, 0.4) is 0 Å². The summed E-state index contributed by atoms with van der Waals surface area (Å²) < 4.78 is 38.5. The van der Waals surface area contributed by atoms with Crippen LogP contribution >= 0.6 is 0 Å². The SMILES string of the molecule is COCC(=O)N1CCc2cc(NS(=O)(=O)c3ccc(OCC(C)C)cc3)ccc21. The second-order valence-electron chi connectivity index (χ2n) is 7.35. The second kappa shape index (κ2) is 8.84. The molecule has 1 aliphatic heterocycles. The fourth-order valence-electron chi connectivity index (χ4n) is 3.12. The predicted octanol–water partition coefficient (Wildman–Crippen LogP) is 3.06. The zero-order valence-corrected chi connectivity index (χ0v) is 17.7. The molecule has 0 saturated carbocycles. The first-order valence-corrected chi connectivity index (χ1v) is 11.0. The molecule has 0 bridgehead atoms.